The van der Waals surface area contributed by atoms with Crippen LogP contribution in [0, 0.1) is 11.3 Å². The highest BCUT2D eigenvalue weighted by Crippen LogP contribution is 2.44. The van der Waals surface area contributed by atoms with Crippen molar-refractivity contribution in [1.82, 2.24) is 5.43 Å². The molecule has 9 heteroatoms. The van der Waals surface area contributed by atoms with Gasteiger partial charge < -0.3 is 14.8 Å². The average Bonchev–Trinajstić information content (AvgIpc) is 3.09. The zero-order chi connectivity index (χ0) is 23.2. The van der Waals surface area contributed by atoms with Crippen LogP contribution in [0.25, 0.3) is 0 Å². The second kappa shape index (κ2) is 9.72. The van der Waals surface area contributed by atoms with Gasteiger partial charge in [-0.15, -0.1) is 0 Å². The highest BCUT2D eigenvalue weighted by Gasteiger charge is 2.58. The van der Waals surface area contributed by atoms with Crippen molar-refractivity contribution in [3.05, 3.63) is 30.3 Å². The van der Waals surface area contributed by atoms with Gasteiger partial charge in [0.2, 0.25) is 5.91 Å². The van der Waals surface area contributed by atoms with Crippen molar-refractivity contribution in [2.75, 3.05) is 12.4 Å². The summed E-state index contributed by atoms with van der Waals surface area (Å²) in [5.41, 5.74) is 0.608. The molecule has 2 unspecified atom stereocenters. The van der Waals surface area contributed by atoms with E-state index in [1.54, 1.807) is 51.1 Å². The fourth-order valence-electron chi connectivity index (χ4n) is 3.79. The van der Waals surface area contributed by atoms with Gasteiger partial charge in [0.1, 0.15) is 22.7 Å². The molecular formula is C22H29N3O6. The maximum absolute atomic E-state index is 13.1. The quantitative estimate of drug-likeness (QED) is 0.405. The molecule has 1 aromatic rings. The largest absolute Gasteiger partial charge is 0.468 e. The van der Waals surface area contributed by atoms with Gasteiger partial charge in [0.15, 0.2) is 0 Å². The number of nitrogens with one attached hydrogen (secondary N) is 2. The number of benzene rings is 1. The highest BCUT2D eigenvalue weighted by molar-refractivity contribution is 6.19. The lowest BCUT2D eigenvalue weighted by Gasteiger charge is -2.33. The number of amides is 2. The molecule has 2 atom stereocenters. The van der Waals surface area contributed by atoms with E-state index < -0.39 is 40.7 Å². The monoisotopic (exact) mass is 431 g/mol. The number of carbonyl (C=O) groups is 4. The highest BCUT2D eigenvalue weighted by atomic mass is 16.6. The van der Waals surface area contributed by atoms with Crippen LogP contribution in [-0.2, 0) is 23.9 Å². The summed E-state index contributed by atoms with van der Waals surface area (Å²) in [6.07, 6.45) is 0.180. The van der Waals surface area contributed by atoms with Crippen LogP contribution in [0.3, 0.4) is 0 Å². The van der Waals surface area contributed by atoms with Gasteiger partial charge in [-0.1, -0.05) is 18.2 Å². The van der Waals surface area contributed by atoms with Crippen molar-refractivity contribution in [2.45, 2.75) is 52.6 Å². The molecule has 1 aliphatic carbocycles. The average molecular weight is 431 g/mol. The SMILES string of the molecule is COC(=O)C1(C(C(C)=O)C(=O)Nc2ccccc2)CCC/C1=N\NC(=O)OC(C)(C)C. The predicted molar refractivity (Wildman–Crippen MR) is 114 cm³/mol. The minimum atomic E-state index is -1.62. The molecule has 1 aliphatic rings. The Morgan fingerprint density at radius 2 is 1.77 bits per heavy atom. The number of anilines is 1. The Balaban J connectivity index is 2.42. The molecule has 2 N–H and O–H groups in total. The number of hydrogen-bond acceptors (Lipinski definition) is 7. The molecule has 0 aliphatic heterocycles. The molecule has 0 heterocycles. The van der Waals surface area contributed by atoms with Crippen molar-refractivity contribution < 1.29 is 28.7 Å². The predicted octanol–water partition coefficient (Wildman–Crippen LogP) is 3.05. The first kappa shape index (κ1) is 24.0. The van der Waals surface area contributed by atoms with Crippen molar-refractivity contribution in [3.63, 3.8) is 0 Å². The fraction of sp³-hybridized carbons (Fsp3) is 0.500. The van der Waals surface area contributed by atoms with Gasteiger partial charge in [0.05, 0.1) is 12.8 Å². The van der Waals surface area contributed by atoms with Crippen LogP contribution in [0.2, 0.25) is 0 Å². The maximum Gasteiger partial charge on any atom is 0.428 e. The van der Waals surface area contributed by atoms with Gasteiger partial charge in [-0.25, -0.2) is 10.2 Å². The van der Waals surface area contributed by atoms with E-state index in [-0.39, 0.29) is 12.1 Å². The zero-order valence-corrected chi connectivity index (χ0v) is 18.5. The van der Waals surface area contributed by atoms with E-state index >= 15 is 0 Å². The summed E-state index contributed by atoms with van der Waals surface area (Å²) in [6, 6.07) is 8.61. The third-order valence-electron chi connectivity index (χ3n) is 4.93. The Kier molecular flexibility index (Phi) is 7.54. The van der Waals surface area contributed by atoms with E-state index in [2.05, 4.69) is 15.8 Å². The maximum atomic E-state index is 13.1. The molecule has 1 saturated carbocycles. The number of esters is 1. The zero-order valence-electron chi connectivity index (χ0n) is 18.5. The Morgan fingerprint density at radius 1 is 1.13 bits per heavy atom. The summed E-state index contributed by atoms with van der Waals surface area (Å²) in [7, 11) is 1.19. The van der Waals surface area contributed by atoms with Gasteiger partial charge >= 0.3 is 12.1 Å². The van der Waals surface area contributed by atoms with Gasteiger partial charge in [-0.05, 0) is 59.1 Å². The van der Waals surface area contributed by atoms with E-state index in [0.717, 1.165) is 0 Å². The van der Waals surface area contributed by atoms with Crippen LogP contribution in [0.1, 0.15) is 47.0 Å². The third kappa shape index (κ3) is 5.68. The molecule has 2 rings (SSSR count). The van der Waals surface area contributed by atoms with Crippen LogP contribution >= 0.6 is 0 Å². The summed E-state index contributed by atoms with van der Waals surface area (Å²) < 4.78 is 10.2. The standard InChI is InChI=1S/C22H29N3O6/c1-14(26)17(18(27)23-15-10-7-6-8-11-15)22(19(28)30-5)13-9-12-16(22)24-25-20(29)31-21(2,3)4/h6-8,10-11,17H,9,12-13H2,1-5H3,(H,23,27)(H,25,29)/b24-16+. The lowest BCUT2D eigenvalue weighted by molar-refractivity contribution is -0.156. The summed E-state index contributed by atoms with van der Waals surface area (Å²) in [6.45, 7) is 6.35. The lowest BCUT2D eigenvalue weighted by Crippen LogP contribution is -2.51. The van der Waals surface area contributed by atoms with Crippen molar-refractivity contribution in [2.24, 2.45) is 16.4 Å². The molecule has 2 amide bonds. The third-order valence-corrected chi connectivity index (χ3v) is 4.93. The van der Waals surface area contributed by atoms with Crippen LogP contribution in [0.5, 0.6) is 0 Å². The van der Waals surface area contributed by atoms with Crippen LogP contribution in [-0.4, -0.2) is 42.2 Å². The number of rotatable bonds is 6. The first-order chi connectivity index (χ1) is 14.5. The molecule has 1 fully saturated rings. The number of carbonyl (C=O) groups excluding carboxylic acids is 4. The Morgan fingerprint density at radius 3 is 2.32 bits per heavy atom. The molecule has 0 aromatic heterocycles. The fourth-order valence-corrected chi connectivity index (χ4v) is 3.79. The number of hydrogen-bond donors (Lipinski definition) is 2. The Bertz CT molecular complexity index is 875. The van der Waals surface area contributed by atoms with E-state index in [4.69, 9.17) is 9.47 Å². The van der Waals surface area contributed by atoms with Gasteiger partial charge in [0, 0.05) is 5.69 Å². The molecule has 1 aromatic carbocycles. The molecule has 168 valence electrons. The number of methoxy groups -OCH3 is 1. The second-order valence-electron chi connectivity index (χ2n) is 8.39. The first-order valence-electron chi connectivity index (χ1n) is 10.0. The second-order valence-corrected chi connectivity index (χ2v) is 8.39. The molecule has 0 saturated heterocycles. The summed E-state index contributed by atoms with van der Waals surface area (Å²) in [5.74, 6) is -3.28. The molecule has 0 radical (unpaired) electrons. The van der Waals surface area contributed by atoms with Gasteiger partial charge in [-0.3, -0.25) is 14.4 Å². The summed E-state index contributed by atoms with van der Waals surface area (Å²) >= 11 is 0. The van der Waals surface area contributed by atoms with E-state index in [1.165, 1.54) is 14.0 Å². The molecule has 0 bridgehead atoms. The minimum Gasteiger partial charge on any atom is -0.468 e. The van der Waals surface area contributed by atoms with Crippen LogP contribution in [0.4, 0.5) is 10.5 Å². The number of ether oxygens (including phenoxy) is 2. The summed E-state index contributed by atoms with van der Waals surface area (Å²) in [4.78, 5) is 50.7. The normalized spacial score (nSPS) is 20.6. The number of para-hydroxylation sites is 1. The molecule has 31 heavy (non-hydrogen) atoms. The number of nitrogens with zero attached hydrogens (tertiary/aromatic N) is 1. The van der Waals surface area contributed by atoms with Crippen molar-refractivity contribution in [1.29, 1.82) is 0 Å². The smallest absolute Gasteiger partial charge is 0.428 e. The van der Waals surface area contributed by atoms with Gasteiger partial charge in [-0.2, -0.15) is 5.10 Å². The van der Waals surface area contributed by atoms with E-state index in [1.807, 2.05) is 0 Å². The van der Waals surface area contributed by atoms with Crippen LogP contribution < -0.4 is 10.7 Å². The number of Topliss-reactive ketones (excluding diaryl/α,β-unsaturated/α-hetero) is 1. The topological polar surface area (TPSA) is 123 Å². The lowest BCUT2D eigenvalue weighted by atomic mass is 9.70. The first-order valence-corrected chi connectivity index (χ1v) is 10.0. The molecule has 0 spiro atoms. The molecule has 9 nitrogen and oxygen atoms in total. The summed E-state index contributed by atoms with van der Waals surface area (Å²) in [5, 5.41) is 6.77. The minimum absolute atomic E-state index is 0.182. The van der Waals surface area contributed by atoms with Crippen molar-refractivity contribution >= 4 is 35.2 Å². The number of hydrazone groups is 1. The van der Waals surface area contributed by atoms with Gasteiger partial charge in [0.25, 0.3) is 0 Å². The van der Waals surface area contributed by atoms with Crippen molar-refractivity contribution in [3.8, 4) is 0 Å². The number of ketones is 1. The molecular weight excluding hydrogens is 402 g/mol. The van der Waals surface area contributed by atoms with E-state index in [9.17, 15) is 19.2 Å². The Hall–Kier alpha value is -3.23. The van der Waals surface area contributed by atoms with E-state index in [0.29, 0.717) is 18.5 Å². The Labute approximate surface area is 181 Å². The van der Waals surface area contributed by atoms with Crippen LogP contribution in [0.15, 0.2) is 35.4 Å².